The Kier molecular flexibility index (Phi) is 3.79. The molecule has 0 saturated heterocycles. The van der Waals surface area contributed by atoms with E-state index >= 15 is 0 Å². The summed E-state index contributed by atoms with van der Waals surface area (Å²) in [4.78, 5) is 21.5. The van der Waals surface area contributed by atoms with E-state index in [1.807, 2.05) is 13.8 Å². The molecule has 102 valence electrons. The van der Waals surface area contributed by atoms with Crippen molar-refractivity contribution in [2.75, 3.05) is 0 Å². The van der Waals surface area contributed by atoms with Gasteiger partial charge in [-0.2, -0.15) is 0 Å². The van der Waals surface area contributed by atoms with Crippen molar-refractivity contribution in [3.05, 3.63) is 63.2 Å². The summed E-state index contributed by atoms with van der Waals surface area (Å²) in [6.45, 7) is 3.66. The van der Waals surface area contributed by atoms with Gasteiger partial charge in [0.15, 0.2) is 6.29 Å². The van der Waals surface area contributed by atoms with Gasteiger partial charge in [-0.05, 0) is 37.6 Å². The van der Waals surface area contributed by atoms with Crippen LogP contribution >= 0.6 is 0 Å². The Hall–Kier alpha value is -2.69. The Morgan fingerprint density at radius 1 is 1.05 bits per heavy atom. The van der Waals surface area contributed by atoms with Crippen LogP contribution in [0.4, 0.5) is 5.69 Å². The molecule has 2 aromatic carbocycles. The van der Waals surface area contributed by atoms with Crippen molar-refractivity contribution in [1.82, 2.24) is 0 Å². The zero-order valence-electron chi connectivity index (χ0n) is 11.1. The van der Waals surface area contributed by atoms with E-state index in [0.717, 1.165) is 11.1 Å². The van der Waals surface area contributed by atoms with Gasteiger partial charge in [-0.15, -0.1) is 0 Å². The molecule has 5 heteroatoms. The van der Waals surface area contributed by atoms with E-state index in [9.17, 15) is 14.9 Å². The van der Waals surface area contributed by atoms with Gasteiger partial charge in [0.2, 0.25) is 5.75 Å². The van der Waals surface area contributed by atoms with E-state index < -0.39 is 4.92 Å². The highest BCUT2D eigenvalue weighted by atomic mass is 16.6. The Morgan fingerprint density at radius 3 is 2.35 bits per heavy atom. The molecule has 0 heterocycles. The monoisotopic (exact) mass is 271 g/mol. The smallest absolute Gasteiger partial charge is 0.311 e. The normalized spacial score (nSPS) is 10.1. The maximum atomic E-state index is 11.0. The molecule has 0 fully saturated rings. The fourth-order valence-electron chi connectivity index (χ4n) is 1.83. The Balaban J connectivity index is 2.46. The number of benzene rings is 2. The van der Waals surface area contributed by atoms with Crippen molar-refractivity contribution in [3.63, 3.8) is 0 Å². The summed E-state index contributed by atoms with van der Waals surface area (Å²) in [6.07, 6.45) is 0.671. The Labute approximate surface area is 116 Å². The van der Waals surface area contributed by atoms with Gasteiger partial charge < -0.3 is 4.74 Å². The third kappa shape index (κ3) is 2.83. The van der Waals surface area contributed by atoms with E-state index in [0.29, 0.717) is 17.6 Å². The maximum Gasteiger partial charge on any atom is 0.311 e. The first-order valence-electron chi connectivity index (χ1n) is 6.00. The van der Waals surface area contributed by atoms with Crippen LogP contribution in [0.15, 0.2) is 36.4 Å². The molecular weight excluding hydrogens is 258 g/mol. The molecule has 5 nitrogen and oxygen atoms in total. The molecule has 0 spiro atoms. The van der Waals surface area contributed by atoms with Crippen molar-refractivity contribution in [2.24, 2.45) is 0 Å². The molecule has 0 unspecified atom stereocenters. The van der Waals surface area contributed by atoms with E-state index in [-0.39, 0.29) is 11.4 Å². The van der Waals surface area contributed by atoms with E-state index in [2.05, 4.69) is 0 Å². The van der Waals surface area contributed by atoms with Gasteiger partial charge in [0, 0.05) is 6.07 Å². The minimum absolute atomic E-state index is 0.127. The van der Waals surface area contributed by atoms with Crippen LogP contribution in [0, 0.1) is 24.0 Å². The molecule has 0 aliphatic rings. The first kappa shape index (κ1) is 13.7. The zero-order chi connectivity index (χ0) is 14.7. The predicted molar refractivity (Wildman–Crippen MR) is 74.5 cm³/mol. The molecule has 2 aromatic rings. The third-order valence-electron chi connectivity index (χ3n) is 2.82. The Morgan fingerprint density at radius 2 is 1.70 bits per heavy atom. The number of aldehydes is 1. The van der Waals surface area contributed by atoms with Crippen LogP contribution < -0.4 is 4.74 Å². The van der Waals surface area contributed by atoms with Crippen LogP contribution in [-0.4, -0.2) is 11.2 Å². The number of carbonyl (C=O) groups excluding carboxylic acids is 1. The topological polar surface area (TPSA) is 69.4 Å². The van der Waals surface area contributed by atoms with Crippen molar-refractivity contribution in [3.8, 4) is 11.5 Å². The number of nitro groups is 1. The number of ether oxygens (including phenoxy) is 1. The standard InChI is InChI=1S/C15H13NO4/c1-10-4-6-14(12(7-10)9-17)20-15-8-11(2)3-5-13(15)16(18)19/h3-9H,1-2H3. The number of hydrogen-bond acceptors (Lipinski definition) is 4. The first-order chi connectivity index (χ1) is 9.51. The van der Waals surface area contributed by atoms with E-state index in [1.54, 1.807) is 30.3 Å². The molecule has 0 saturated carbocycles. The van der Waals surface area contributed by atoms with Gasteiger partial charge in [-0.1, -0.05) is 17.7 Å². The second kappa shape index (κ2) is 5.52. The molecule has 0 N–H and O–H groups in total. The van der Waals surface area contributed by atoms with Crippen LogP contribution in [-0.2, 0) is 0 Å². The summed E-state index contributed by atoms with van der Waals surface area (Å²) < 4.78 is 5.56. The van der Waals surface area contributed by atoms with Gasteiger partial charge in [0.25, 0.3) is 0 Å². The molecular formula is C15H13NO4. The molecule has 0 aromatic heterocycles. The second-order valence-electron chi connectivity index (χ2n) is 4.49. The highest BCUT2D eigenvalue weighted by Crippen LogP contribution is 2.33. The fraction of sp³-hybridized carbons (Fsp3) is 0.133. The molecule has 20 heavy (non-hydrogen) atoms. The maximum absolute atomic E-state index is 11.0. The lowest BCUT2D eigenvalue weighted by Crippen LogP contribution is -1.96. The Bertz CT molecular complexity index is 680. The van der Waals surface area contributed by atoms with Crippen LogP contribution in [0.25, 0.3) is 0 Å². The highest BCUT2D eigenvalue weighted by Gasteiger charge is 2.17. The van der Waals surface area contributed by atoms with Gasteiger partial charge in [0.1, 0.15) is 5.75 Å². The van der Waals surface area contributed by atoms with Gasteiger partial charge in [-0.25, -0.2) is 0 Å². The number of hydrogen-bond donors (Lipinski definition) is 0. The van der Waals surface area contributed by atoms with Gasteiger partial charge >= 0.3 is 5.69 Å². The van der Waals surface area contributed by atoms with Crippen molar-refractivity contribution >= 4 is 12.0 Å². The molecule has 0 radical (unpaired) electrons. The zero-order valence-corrected chi connectivity index (χ0v) is 11.1. The molecule has 0 aliphatic carbocycles. The minimum atomic E-state index is -0.510. The predicted octanol–water partition coefficient (Wildman–Crippen LogP) is 3.82. The van der Waals surface area contributed by atoms with E-state index in [1.165, 1.54) is 6.07 Å². The summed E-state index contributed by atoms with van der Waals surface area (Å²) in [6, 6.07) is 9.69. The van der Waals surface area contributed by atoms with Gasteiger partial charge in [0.05, 0.1) is 10.5 Å². The summed E-state index contributed by atoms with van der Waals surface area (Å²) >= 11 is 0. The number of carbonyl (C=O) groups is 1. The largest absolute Gasteiger partial charge is 0.449 e. The average Bonchev–Trinajstić information content (AvgIpc) is 2.40. The fourth-order valence-corrected chi connectivity index (χ4v) is 1.83. The lowest BCUT2D eigenvalue weighted by atomic mass is 10.1. The minimum Gasteiger partial charge on any atom is -0.449 e. The third-order valence-corrected chi connectivity index (χ3v) is 2.82. The van der Waals surface area contributed by atoms with Crippen LogP contribution in [0.3, 0.4) is 0 Å². The van der Waals surface area contributed by atoms with Crippen molar-refractivity contribution in [1.29, 1.82) is 0 Å². The SMILES string of the molecule is Cc1ccc(Oc2cc(C)ccc2[N+](=O)[O-])c(C=O)c1. The lowest BCUT2D eigenvalue weighted by Gasteiger charge is -2.09. The molecule has 0 aliphatic heterocycles. The summed E-state index contributed by atoms with van der Waals surface area (Å²) in [5, 5.41) is 11.0. The number of nitro benzene ring substituents is 1. The summed E-state index contributed by atoms with van der Waals surface area (Å²) in [5.41, 5.74) is 1.98. The molecule has 2 rings (SSSR count). The lowest BCUT2D eigenvalue weighted by molar-refractivity contribution is -0.385. The molecule has 0 atom stereocenters. The van der Waals surface area contributed by atoms with Crippen molar-refractivity contribution in [2.45, 2.75) is 13.8 Å². The van der Waals surface area contributed by atoms with E-state index in [4.69, 9.17) is 4.74 Å². The summed E-state index contributed by atoms with van der Waals surface area (Å²) in [5.74, 6) is 0.432. The van der Waals surface area contributed by atoms with Crippen LogP contribution in [0.5, 0.6) is 11.5 Å². The van der Waals surface area contributed by atoms with Crippen LogP contribution in [0.2, 0.25) is 0 Å². The molecule has 0 bridgehead atoms. The first-order valence-corrected chi connectivity index (χ1v) is 6.00. The number of rotatable bonds is 4. The number of aryl methyl sites for hydroxylation is 2. The number of nitrogens with zero attached hydrogens (tertiary/aromatic N) is 1. The quantitative estimate of drug-likeness (QED) is 0.481. The van der Waals surface area contributed by atoms with Crippen molar-refractivity contribution < 1.29 is 14.5 Å². The van der Waals surface area contributed by atoms with Gasteiger partial charge in [-0.3, -0.25) is 14.9 Å². The average molecular weight is 271 g/mol. The summed E-state index contributed by atoms with van der Waals surface area (Å²) in [7, 11) is 0. The second-order valence-corrected chi connectivity index (χ2v) is 4.49. The van der Waals surface area contributed by atoms with Crippen LogP contribution in [0.1, 0.15) is 21.5 Å². The molecule has 0 amide bonds. The highest BCUT2D eigenvalue weighted by molar-refractivity contribution is 5.80.